The molecule has 0 radical (unpaired) electrons. The van der Waals surface area contributed by atoms with Crippen molar-refractivity contribution in [2.45, 2.75) is 25.1 Å². The molecule has 4 aromatic heterocycles. The maximum atomic E-state index is 13.1. The minimum Gasteiger partial charge on any atom is -0.354 e. The molecule has 33 heavy (non-hydrogen) atoms. The van der Waals surface area contributed by atoms with Crippen molar-refractivity contribution in [1.82, 2.24) is 34.4 Å². The molecular formula is C22H23F3N8. The molecular weight excluding hydrogens is 433 g/mol. The van der Waals surface area contributed by atoms with Crippen molar-refractivity contribution in [2.75, 3.05) is 31.1 Å². The number of hydrogen-bond donors (Lipinski definition) is 1. The summed E-state index contributed by atoms with van der Waals surface area (Å²) in [6.07, 6.45) is 5.84. The smallest absolute Gasteiger partial charge is 0.354 e. The molecule has 0 spiro atoms. The Balaban J connectivity index is 0.000000406. The first-order valence-electron chi connectivity index (χ1n) is 10.8. The molecule has 0 bridgehead atoms. The maximum absolute atomic E-state index is 13.1. The number of rotatable bonds is 3. The van der Waals surface area contributed by atoms with Crippen molar-refractivity contribution in [2.24, 2.45) is 0 Å². The molecule has 11 heteroatoms. The van der Waals surface area contributed by atoms with Crippen molar-refractivity contribution < 1.29 is 13.2 Å². The minimum absolute atomic E-state index is 0.369. The number of fused-ring (bicyclic) bond motifs is 1. The van der Waals surface area contributed by atoms with E-state index >= 15 is 0 Å². The van der Waals surface area contributed by atoms with Gasteiger partial charge in [0, 0.05) is 57.0 Å². The summed E-state index contributed by atoms with van der Waals surface area (Å²) in [5.41, 5.74) is 0.140. The van der Waals surface area contributed by atoms with Crippen molar-refractivity contribution in [3.63, 3.8) is 0 Å². The normalized spacial score (nSPS) is 17.1. The van der Waals surface area contributed by atoms with E-state index in [0.717, 1.165) is 50.3 Å². The Morgan fingerprint density at radius 3 is 2.42 bits per heavy atom. The predicted molar refractivity (Wildman–Crippen MR) is 117 cm³/mol. The average Bonchev–Trinajstić information content (AvgIpc) is 3.31. The van der Waals surface area contributed by atoms with Crippen LogP contribution < -0.4 is 4.90 Å². The third kappa shape index (κ3) is 4.82. The van der Waals surface area contributed by atoms with E-state index in [0.29, 0.717) is 17.2 Å². The summed E-state index contributed by atoms with van der Waals surface area (Å²) in [5.74, 6) is 1.16. The van der Waals surface area contributed by atoms with Crippen LogP contribution in [0.25, 0.3) is 17.2 Å². The Bertz CT molecular complexity index is 1170. The number of aromatic amines is 1. The third-order valence-corrected chi connectivity index (χ3v) is 5.81. The SMILES string of the molecule is FC(F)(F)c1ccc2ncc(-c3nccc(N4CCN(C5CC5)CC4)n3)n2c1.c1cn[nH]c1. The van der Waals surface area contributed by atoms with Crippen LogP contribution in [-0.2, 0) is 6.18 Å². The summed E-state index contributed by atoms with van der Waals surface area (Å²) < 4.78 is 40.6. The lowest BCUT2D eigenvalue weighted by atomic mass is 10.2. The zero-order chi connectivity index (χ0) is 22.8. The van der Waals surface area contributed by atoms with E-state index in [2.05, 4.69) is 34.9 Å². The highest BCUT2D eigenvalue weighted by atomic mass is 19.4. The minimum atomic E-state index is -4.42. The monoisotopic (exact) mass is 456 g/mol. The number of piperazine rings is 1. The maximum Gasteiger partial charge on any atom is 0.417 e. The Kier molecular flexibility index (Phi) is 5.71. The molecule has 0 unspecified atom stereocenters. The van der Waals surface area contributed by atoms with Crippen LogP contribution >= 0.6 is 0 Å². The second kappa shape index (κ2) is 8.81. The lowest BCUT2D eigenvalue weighted by molar-refractivity contribution is -0.137. The van der Waals surface area contributed by atoms with Gasteiger partial charge < -0.3 is 4.90 Å². The van der Waals surface area contributed by atoms with Gasteiger partial charge in [0.25, 0.3) is 0 Å². The molecule has 1 N–H and O–H groups in total. The van der Waals surface area contributed by atoms with E-state index in [4.69, 9.17) is 0 Å². The van der Waals surface area contributed by atoms with Crippen LogP contribution in [0, 0.1) is 0 Å². The number of nitrogens with zero attached hydrogens (tertiary/aromatic N) is 7. The Morgan fingerprint density at radius 1 is 0.970 bits per heavy atom. The van der Waals surface area contributed by atoms with Crippen LogP contribution in [0.15, 0.2) is 55.2 Å². The van der Waals surface area contributed by atoms with Crippen LogP contribution in [0.1, 0.15) is 18.4 Å². The molecule has 4 aromatic rings. The summed E-state index contributed by atoms with van der Waals surface area (Å²) in [7, 11) is 0. The number of hydrogen-bond acceptors (Lipinski definition) is 6. The van der Waals surface area contributed by atoms with Crippen molar-refractivity contribution >= 4 is 11.5 Å². The Labute approximate surface area is 188 Å². The molecule has 1 aliphatic heterocycles. The zero-order valence-corrected chi connectivity index (χ0v) is 17.8. The molecule has 5 heterocycles. The number of anilines is 1. The van der Waals surface area contributed by atoms with Gasteiger partial charge in [-0.1, -0.05) is 0 Å². The van der Waals surface area contributed by atoms with Crippen LogP contribution in [0.4, 0.5) is 19.0 Å². The first-order chi connectivity index (χ1) is 16.0. The number of nitrogens with one attached hydrogen (secondary N) is 1. The number of aromatic nitrogens is 6. The van der Waals surface area contributed by atoms with E-state index in [1.54, 1.807) is 18.6 Å². The molecule has 0 atom stereocenters. The van der Waals surface area contributed by atoms with E-state index in [-0.39, 0.29) is 0 Å². The van der Waals surface area contributed by atoms with Gasteiger partial charge in [-0.3, -0.25) is 14.4 Å². The van der Waals surface area contributed by atoms with E-state index in [9.17, 15) is 13.2 Å². The second-order valence-electron chi connectivity index (χ2n) is 8.05. The molecule has 0 amide bonds. The van der Waals surface area contributed by atoms with Gasteiger partial charge in [0.2, 0.25) is 0 Å². The van der Waals surface area contributed by atoms with Gasteiger partial charge in [0.05, 0.1) is 11.8 Å². The van der Waals surface area contributed by atoms with Crippen molar-refractivity contribution in [3.8, 4) is 11.5 Å². The van der Waals surface area contributed by atoms with Crippen molar-refractivity contribution in [1.29, 1.82) is 0 Å². The fourth-order valence-corrected chi connectivity index (χ4v) is 3.93. The first-order valence-corrected chi connectivity index (χ1v) is 10.8. The largest absolute Gasteiger partial charge is 0.417 e. The van der Waals surface area contributed by atoms with Crippen LogP contribution in [0.5, 0.6) is 0 Å². The van der Waals surface area contributed by atoms with Gasteiger partial charge in [-0.15, -0.1) is 0 Å². The van der Waals surface area contributed by atoms with E-state index < -0.39 is 11.7 Å². The Morgan fingerprint density at radius 2 is 1.79 bits per heavy atom. The fourth-order valence-electron chi connectivity index (χ4n) is 3.93. The summed E-state index contributed by atoms with van der Waals surface area (Å²) in [5, 5.41) is 6.21. The molecule has 172 valence electrons. The van der Waals surface area contributed by atoms with Gasteiger partial charge in [-0.05, 0) is 37.1 Å². The van der Waals surface area contributed by atoms with Gasteiger partial charge in [-0.2, -0.15) is 18.3 Å². The summed E-state index contributed by atoms with van der Waals surface area (Å²) in [6.45, 7) is 3.79. The van der Waals surface area contributed by atoms with Crippen LogP contribution in [-0.4, -0.2) is 66.7 Å². The molecule has 1 aliphatic carbocycles. The quantitative estimate of drug-likeness (QED) is 0.509. The highest BCUT2D eigenvalue weighted by molar-refractivity contribution is 5.59. The number of imidazole rings is 1. The van der Waals surface area contributed by atoms with Crippen LogP contribution in [0.3, 0.4) is 0 Å². The standard InChI is InChI=1S/C19H19F3N6.C3H4N2/c20-19(21,22)13-1-4-16-24-11-15(28(16)12-13)18-23-6-5-17(25-18)27-9-7-26(8-10-27)14-2-3-14;1-2-4-5-3-1/h1,4-6,11-12,14H,2-3,7-10H2;1-3H,(H,4,5). The lowest BCUT2D eigenvalue weighted by Gasteiger charge is -2.35. The second-order valence-corrected chi connectivity index (χ2v) is 8.05. The van der Waals surface area contributed by atoms with Gasteiger partial charge in [-0.25, -0.2) is 15.0 Å². The highest BCUT2D eigenvalue weighted by Crippen LogP contribution is 2.31. The molecule has 2 fully saturated rings. The average molecular weight is 456 g/mol. The Hall–Kier alpha value is -3.47. The number of halogens is 3. The molecule has 0 aromatic carbocycles. The van der Waals surface area contributed by atoms with Crippen molar-refractivity contribution in [3.05, 3.63) is 60.8 Å². The predicted octanol–water partition coefficient (Wildman–Crippen LogP) is 3.50. The number of pyridine rings is 1. The van der Waals surface area contributed by atoms with Gasteiger partial charge >= 0.3 is 6.18 Å². The van der Waals surface area contributed by atoms with Gasteiger partial charge in [0.15, 0.2) is 5.82 Å². The number of alkyl halides is 3. The van der Waals surface area contributed by atoms with Crippen LogP contribution in [0.2, 0.25) is 0 Å². The highest BCUT2D eigenvalue weighted by Gasteiger charge is 2.32. The third-order valence-electron chi connectivity index (χ3n) is 5.81. The van der Waals surface area contributed by atoms with Gasteiger partial charge in [0.1, 0.15) is 17.2 Å². The molecule has 1 saturated carbocycles. The molecule has 2 aliphatic rings. The summed E-state index contributed by atoms with van der Waals surface area (Å²) >= 11 is 0. The molecule has 1 saturated heterocycles. The summed E-state index contributed by atoms with van der Waals surface area (Å²) in [6, 6.07) is 6.82. The van der Waals surface area contributed by atoms with E-state index in [1.807, 2.05) is 12.1 Å². The first kappa shape index (κ1) is 21.4. The fraction of sp³-hybridized carbons (Fsp3) is 0.364. The molecule has 8 nitrogen and oxygen atoms in total. The lowest BCUT2D eigenvalue weighted by Crippen LogP contribution is -2.47. The zero-order valence-electron chi connectivity index (χ0n) is 17.8. The topological polar surface area (TPSA) is 78.2 Å². The molecule has 6 rings (SSSR count). The number of H-pyrrole nitrogens is 1. The van der Waals surface area contributed by atoms with E-state index in [1.165, 1.54) is 29.5 Å². The summed E-state index contributed by atoms with van der Waals surface area (Å²) in [4.78, 5) is 17.8.